The molecule has 1 aromatic rings. The van der Waals surface area contributed by atoms with Crippen LogP contribution in [-0.2, 0) is 14.3 Å². The summed E-state index contributed by atoms with van der Waals surface area (Å²) in [7, 11) is 3.21. The van der Waals surface area contributed by atoms with Crippen molar-refractivity contribution in [1.29, 1.82) is 0 Å². The smallest absolute Gasteiger partial charge is 0.308 e. The van der Waals surface area contributed by atoms with Crippen molar-refractivity contribution < 1.29 is 28.9 Å². The Morgan fingerprint density at radius 3 is 2.63 bits per heavy atom. The van der Waals surface area contributed by atoms with Crippen molar-refractivity contribution >= 4 is 11.9 Å². The standard InChI is InChI=1S/C20H27NO6/c1-25-13-3-4-18(26-2)15(9-13)14-10-16(14)19(22)21-11-17(20(23)24)12-5-7-27-8-6-12/h3-4,9,12,14,16-17H,5-8,10-11H2,1-2H3,(H,21,22)(H,23,24). The van der Waals surface area contributed by atoms with E-state index in [1.54, 1.807) is 14.2 Å². The minimum Gasteiger partial charge on any atom is -0.497 e. The molecule has 1 aliphatic carbocycles. The molecule has 7 heteroatoms. The summed E-state index contributed by atoms with van der Waals surface area (Å²) < 4.78 is 16.0. The van der Waals surface area contributed by atoms with E-state index in [2.05, 4.69) is 5.32 Å². The van der Waals surface area contributed by atoms with E-state index in [0.717, 1.165) is 36.3 Å². The molecular formula is C20H27NO6. The van der Waals surface area contributed by atoms with Gasteiger partial charge in [-0.1, -0.05) is 0 Å². The van der Waals surface area contributed by atoms with Crippen molar-refractivity contribution in [1.82, 2.24) is 5.32 Å². The molecule has 148 valence electrons. The zero-order chi connectivity index (χ0) is 19.4. The highest BCUT2D eigenvalue weighted by molar-refractivity contribution is 5.83. The molecule has 2 fully saturated rings. The first-order valence-corrected chi connectivity index (χ1v) is 9.35. The van der Waals surface area contributed by atoms with Gasteiger partial charge in [-0.2, -0.15) is 0 Å². The monoisotopic (exact) mass is 377 g/mol. The number of carboxylic acid groups (broad SMARTS) is 1. The molecule has 0 spiro atoms. The topological polar surface area (TPSA) is 94.1 Å². The highest BCUT2D eigenvalue weighted by Crippen LogP contribution is 2.51. The number of carbonyl (C=O) groups excluding carboxylic acids is 1. The van der Waals surface area contributed by atoms with Gasteiger partial charge in [0, 0.05) is 37.2 Å². The molecule has 27 heavy (non-hydrogen) atoms. The number of hydrogen-bond donors (Lipinski definition) is 2. The Kier molecular flexibility index (Phi) is 6.21. The molecule has 2 N–H and O–H groups in total. The predicted octanol–water partition coefficient (Wildman–Crippen LogP) is 2.05. The largest absolute Gasteiger partial charge is 0.497 e. The maximum absolute atomic E-state index is 12.6. The molecule has 1 heterocycles. The number of nitrogens with one attached hydrogen (secondary N) is 1. The van der Waals surface area contributed by atoms with Crippen molar-refractivity contribution in [3.8, 4) is 11.5 Å². The van der Waals surface area contributed by atoms with Gasteiger partial charge in [-0.05, 0) is 43.4 Å². The number of aliphatic carboxylic acids is 1. The van der Waals surface area contributed by atoms with Crippen LogP contribution >= 0.6 is 0 Å². The summed E-state index contributed by atoms with van der Waals surface area (Å²) in [6.45, 7) is 1.34. The Hall–Kier alpha value is -2.28. The van der Waals surface area contributed by atoms with E-state index >= 15 is 0 Å². The average Bonchev–Trinajstić information content (AvgIpc) is 3.49. The SMILES string of the molecule is COc1ccc(OC)c(C2CC2C(=O)NCC(C(=O)O)C2CCOCC2)c1. The molecule has 1 saturated heterocycles. The van der Waals surface area contributed by atoms with E-state index in [-0.39, 0.29) is 30.2 Å². The Balaban J connectivity index is 1.59. The van der Waals surface area contributed by atoms with E-state index in [1.165, 1.54) is 0 Å². The summed E-state index contributed by atoms with van der Waals surface area (Å²) >= 11 is 0. The van der Waals surface area contributed by atoms with Gasteiger partial charge >= 0.3 is 5.97 Å². The number of benzene rings is 1. The third-order valence-electron chi connectivity index (χ3n) is 5.61. The molecule has 1 saturated carbocycles. The molecule has 0 aromatic heterocycles. The van der Waals surface area contributed by atoms with Gasteiger partial charge in [-0.25, -0.2) is 0 Å². The molecule has 3 rings (SSSR count). The first-order chi connectivity index (χ1) is 13.0. The van der Waals surface area contributed by atoms with Crippen LogP contribution in [0.2, 0.25) is 0 Å². The molecule has 3 unspecified atom stereocenters. The van der Waals surface area contributed by atoms with Crippen LogP contribution < -0.4 is 14.8 Å². The van der Waals surface area contributed by atoms with Crippen LogP contribution in [-0.4, -0.2) is 51.0 Å². The van der Waals surface area contributed by atoms with Gasteiger partial charge in [0.25, 0.3) is 0 Å². The lowest BCUT2D eigenvalue weighted by Gasteiger charge is -2.27. The van der Waals surface area contributed by atoms with Crippen LogP contribution in [0.3, 0.4) is 0 Å². The second-order valence-corrected chi connectivity index (χ2v) is 7.20. The van der Waals surface area contributed by atoms with Crippen LogP contribution in [0.1, 0.15) is 30.7 Å². The summed E-state index contributed by atoms with van der Waals surface area (Å²) in [5.74, 6) is -0.0980. The van der Waals surface area contributed by atoms with Crippen molar-refractivity contribution in [2.75, 3.05) is 34.0 Å². The quantitative estimate of drug-likeness (QED) is 0.720. The molecular weight excluding hydrogens is 350 g/mol. The third-order valence-corrected chi connectivity index (χ3v) is 5.61. The first-order valence-electron chi connectivity index (χ1n) is 9.35. The predicted molar refractivity (Wildman–Crippen MR) is 98.1 cm³/mol. The number of methoxy groups -OCH3 is 2. The lowest BCUT2D eigenvalue weighted by molar-refractivity contribution is -0.145. The van der Waals surface area contributed by atoms with E-state index in [0.29, 0.717) is 13.2 Å². The molecule has 2 aliphatic rings. The Morgan fingerprint density at radius 2 is 2.00 bits per heavy atom. The number of rotatable bonds is 8. The Labute approximate surface area is 159 Å². The van der Waals surface area contributed by atoms with Crippen molar-refractivity contribution in [2.45, 2.75) is 25.2 Å². The van der Waals surface area contributed by atoms with Crippen molar-refractivity contribution in [3.63, 3.8) is 0 Å². The zero-order valence-electron chi connectivity index (χ0n) is 15.8. The van der Waals surface area contributed by atoms with E-state index in [4.69, 9.17) is 14.2 Å². The van der Waals surface area contributed by atoms with Crippen LogP contribution in [0.15, 0.2) is 18.2 Å². The van der Waals surface area contributed by atoms with E-state index in [1.807, 2.05) is 18.2 Å². The van der Waals surface area contributed by atoms with Gasteiger partial charge in [0.05, 0.1) is 20.1 Å². The number of hydrogen-bond acceptors (Lipinski definition) is 5. The molecule has 1 aliphatic heterocycles. The van der Waals surface area contributed by atoms with Crippen LogP contribution in [0.25, 0.3) is 0 Å². The third kappa shape index (κ3) is 4.53. The van der Waals surface area contributed by atoms with Gasteiger partial charge in [0.15, 0.2) is 0 Å². The summed E-state index contributed by atoms with van der Waals surface area (Å²) in [5, 5.41) is 12.4. The van der Waals surface area contributed by atoms with E-state index in [9.17, 15) is 14.7 Å². The highest BCUT2D eigenvalue weighted by Gasteiger charge is 2.45. The first kappa shape index (κ1) is 19.5. The fourth-order valence-electron chi connectivity index (χ4n) is 3.87. The van der Waals surface area contributed by atoms with Crippen LogP contribution in [0, 0.1) is 17.8 Å². The second kappa shape index (κ2) is 8.61. The number of carbonyl (C=O) groups is 2. The summed E-state index contributed by atoms with van der Waals surface area (Å²) in [4.78, 5) is 24.2. The molecule has 7 nitrogen and oxygen atoms in total. The van der Waals surface area contributed by atoms with Crippen molar-refractivity contribution in [3.05, 3.63) is 23.8 Å². The molecule has 0 bridgehead atoms. The summed E-state index contributed by atoms with van der Waals surface area (Å²) in [6, 6.07) is 5.57. The maximum Gasteiger partial charge on any atom is 0.308 e. The van der Waals surface area contributed by atoms with Gasteiger partial charge in [0.1, 0.15) is 11.5 Å². The molecule has 3 atom stereocenters. The Morgan fingerprint density at radius 1 is 1.26 bits per heavy atom. The van der Waals surface area contributed by atoms with Gasteiger partial charge in [-0.15, -0.1) is 0 Å². The minimum atomic E-state index is -0.857. The number of carboxylic acids is 1. The Bertz CT molecular complexity index is 685. The number of ether oxygens (including phenoxy) is 3. The average molecular weight is 377 g/mol. The summed E-state index contributed by atoms with van der Waals surface area (Å²) in [5.41, 5.74) is 0.955. The van der Waals surface area contributed by atoms with E-state index < -0.39 is 11.9 Å². The second-order valence-electron chi connectivity index (χ2n) is 7.20. The van der Waals surface area contributed by atoms with Crippen molar-refractivity contribution in [2.24, 2.45) is 17.8 Å². The lowest BCUT2D eigenvalue weighted by atomic mass is 9.86. The van der Waals surface area contributed by atoms with Crippen LogP contribution in [0.4, 0.5) is 0 Å². The minimum absolute atomic E-state index is 0.0463. The number of amides is 1. The fraction of sp³-hybridized carbons (Fsp3) is 0.600. The fourth-order valence-corrected chi connectivity index (χ4v) is 3.87. The molecule has 0 radical (unpaired) electrons. The summed E-state index contributed by atoms with van der Waals surface area (Å²) in [6.07, 6.45) is 2.17. The van der Waals surface area contributed by atoms with Gasteiger partial charge in [-0.3, -0.25) is 9.59 Å². The lowest BCUT2D eigenvalue weighted by Crippen LogP contribution is -2.39. The highest BCUT2D eigenvalue weighted by atomic mass is 16.5. The molecule has 1 aromatic carbocycles. The maximum atomic E-state index is 12.6. The zero-order valence-corrected chi connectivity index (χ0v) is 15.8. The van der Waals surface area contributed by atoms with Gasteiger partial charge in [0.2, 0.25) is 5.91 Å². The molecule has 1 amide bonds. The van der Waals surface area contributed by atoms with Crippen LogP contribution in [0.5, 0.6) is 11.5 Å². The normalized spacial score (nSPS) is 23.3. The van der Waals surface area contributed by atoms with Gasteiger partial charge < -0.3 is 24.6 Å².